The lowest BCUT2D eigenvalue weighted by Crippen LogP contribution is -2.46. The summed E-state index contributed by atoms with van der Waals surface area (Å²) >= 11 is 1.52. The highest BCUT2D eigenvalue weighted by molar-refractivity contribution is 7.99. The Hall–Kier alpha value is -1.70. The van der Waals surface area contributed by atoms with Crippen LogP contribution < -0.4 is 5.32 Å². The number of rotatable bonds is 4. The van der Waals surface area contributed by atoms with Crippen LogP contribution in [0.1, 0.15) is 18.1 Å². The summed E-state index contributed by atoms with van der Waals surface area (Å²) in [6, 6.07) is 4.40. The molecule has 2 rings (SSSR count). The van der Waals surface area contributed by atoms with Crippen molar-refractivity contribution < 1.29 is 22.8 Å². The first kappa shape index (κ1) is 17.7. The molecule has 4 nitrogen and oxygen atoms in total. The first-order chi connectivity index (χ1) is 10.8. The Labute approximate surface area is 136 Å². The molecule has 1 aliphatic heterocycles. The van der Waals surface area contributed by atoms with Crippen LogP contribution in [-0.2, 0) is 22.2 Å². The summed E-state index contributed by atoms with van der Waals surface area (Å²) < 4.78 is 37.4. The fourth-order valence-electron chi connectivity index (χ4n) is 2.28. The highest BCUT2D eigenvalue weighted by Crippen LogP contribution is 2.29. The van der Waals surface area contributed by atoms with Gasteiger partial charge in [-0.2, -0.15) is 13.2 Å². The number of carbonyl (C=O) groups is 2. The van der Waals surface area contributed by atoms with Crippen molar-refractivity contribution in [2.24, 2.45) is 0 Å². The second-order valence-corrected chi connectivity index (χ2v) is 6.24. The molecule has 0 spiro atoms. The molecule has 1 aliphatic rings. The second-order valence-electron chi connectivity index (χ2n) is 5.24. The van der Waals surface area contributed by atoms with Gasteiger partial charge in [-0.1, -0.05) is 12.1 Å². The molecule has 2 amide bonds. The zero-order valence-corrected chi connectivity index (χ0v) is 13.3. The summed E-state index contributed by atoms with van der Waals surface area (Å²) in [6.45, 7) is 1.74. The van der Waals surface area contributed by atoms with Gasteiger partial charge < -0.3 is 10.2 Å². The molecule has 23 heavy (non-hydrogen) atoms. The zero-order chi connectivity index (χ0) is 17.0. The summed E-state index contributed by atoms with van der Waals surface area (Å²) in [5, 5.41) is 2.73. The molecule has 1 atom stereocenters. The summed E-state index contributed by atoms with van der Waals surface area (Å²) in [5.41, 5.74) is 0.0212. The maximum absolute atomic E-state index is 12.5. The van der Waals surface area contributed by atoms with E-state index in [1.165, 1.54) is 35.7 Å². The van der Waals surface area contributed by atoms with Crippen LogP contribution >= 0.6 is 11.8 Å². The fourth-order valence-corrected chi connectivity index (χ4v) is 3.50. The smallest absolute Gasteiger partial charge is 0.354 e. The van der Waals surface area contributed by atoms with Gasteiger partial charge in [0.15, 0.2) is 0 Å². The zero-order valence-electron chi connectivity index (χ0n) is 12.5. The average molecular weight is 346 g/mol. The number of amides is 2. The number of alkyl halides is 3. The number of hydrogen-bond donors (Lipinski definition) is 1. The van der Waals surface area contributed by atoms with E-state index in [9.17, 15) is 22.8 Å². The Morgan fingerprint density at radius 2 is 1.96 bits per heavy atom. The number of benzene rings is 1. The number of carbonyl (C=O) groups excluding carboxylic acids is 2. The second kappa shape index (κ2) is 7.25. The average Bonchev–Trinajstić information content (AvgIpc) is 2.96. The summed E-state index contributed by atoms with van der Waals surface area (Å²) in [6.07, 6.45) is -3.91. The molecule has 1 saturated heterocycles. The van der Waals surface area contributed by atoms with Gasteiger partial charge in [0.1, 0.15) is 6.04 Å². The molecule has 0 radical (unpaired) electrons. The van der Waals surface area contributed by atoms with Crippen LogP contribution in [0.3, 0.4) is 0 Å². The third kappa shape index (κ3) is 4.63. The monoisotopic (exact) mass is 346 g/mol. The predicted molar refractivity (Wildman–Crippen MR) is 81.8 cm³/mol. The summed E-state index contributed by atoms with van der Waals surface area (Å²) in [5.74, 6) is 0.702. The minimum absolute atomic E-state index is 0.141. The molecular weight excluding hydrogens is 329 g/mol. The molecule has 0 bridgehead atoms. The largest absolute Gasteiger partial charge is 0.416 e. The molecule has 1 fully saturated rings. The van der Waals surface area contributed by atoms with E-state index in [4.69, 9.17) is 0 Å². The van der Waals surface area contributed by atoms with Crippen LogP contribution in [0.2, 0.25) is 0 Å². The third-order valence-electron chi connectivity index (χ3n) is 3.58. The molecule has 1 N–H and O–H groups in total. The molecule has 1 aromatic rings. The SMILES string of the molecule is CC(=O)N1CSC[C@H]1C(=O)NCCc1ccc(C(F)(F)F)cc1. The van der Waals surface area contributed by atoms with E-state index in [-0.39, 0.29) is 11.8 Å². The van der Waals surface area contributed by atoms with Crippen molar-refractivity contribution in [3.63, 3.8) is 0 Å². The standard InChI is InChI=1S/C15H17F3N2O2S/c1-10(21)20-9-23-8-13(20)14(22)19-7-6-11-2-4-12(5-3-11)15(16,17)18/h2-5,13H,6-9H2,1H3,(H,19,22)/t13-/m0/s1. The van der Waals surface area contributed by atoms with Gasteiger partial charge in [-0.05, 0) is 24.1 Å². The van der Waals surface area contributed by atoms with E-state index in [1.807, 2.05) is 0 Å². The van der Waals surface area contributed by atoms with Gasteiger partial charge in [0.2, 0.25) is 11.8 Å². The van der Waals surface area contributed by atoms with Crippen molar-refractivity contribution >= 4 is 23.6 Å². The van der Waals surface area contributed by atoms with E-state index in [2.05, 4.69) is 5.32 Å². The van der Waals surface area contributed by atoms with Crippen molar-refractivity contribution in [2.75, 3.05) is 18.2 Å². The number of hydrogen-bond acceptors (Lipinski definition) is 3. The van der Waals surface area contributed by atoms with Gasteiger partial charge in [-0.3, -0.25) is 9.59 Å². The van der Waals surface area contributed by atoms with Gasteiger partial charge in [0.05, 0.1) is 11.4 Å². The maximum Gasteiger partial charge on any atom is 0.416 e. The molecule has 0 aliphatic carbocycles. The van der Waals surface area contributed by atoms with Crippen LogP contribution in [0.4, 0.5) is 13.2 Å². The Morgan fingerprint density at radius 1 is 1.30 bits per heavy atom. The van der Waals surface area contributed by atoms with E-state index in [0.717, 1.165) is 12.1 Å². The minimum Gasteiger partial charge on any atom is -0.354 e. The van der Waals surface area contributed by atoms with Crippen molar-refractivity contribution in [2.45, 2.75) is 25.6 Å². The van der Waals surface area contributed by atoms with E-state index >= 15 is 0 Å². The van der Waals surface area contributed by atoms with Crippen LogP contribution in [0.25, 0.3) is 0 Å². The van der Waals surface area contributed by atoms with Crippen molar-refractivity contribution in [1.82, 2.24) is 10.2 Å². The lowest BCUT2D eigenvalue weighted by molar-refractivity contribution is -0.137. The summed E-state index contributed by atoms with van der Waals surface area (Å²) in [7, 11) is 0. The molecule has 0 aromatic heterocycles. The number of nitrogens with zero attached hydrogens (tertiary/aromatic N) is 1. The summed E-state index contributed by atoms with van der Waals surface area (Å²) in [4.78, 5) is 25.0. The van der Waals surface area contributed by atoms with Crippen LogP contribution in [0.15, 0.2) is 24.3 Å². The van der Waals surface area contributed by atoms with Gasteiger partial charge in [0, 0.05) is 19.2 Å². The van der Waals surface area contributed by atoms with Gasteiger partial charge >= 0.3 is 6.18 Å². The Bertz CT molecular complexity index is 575. The minimum atomic E-state index is -4.34. The lowest BCUT2D eigenvalue weighted by Gasteiger charge is -2.21. The highest BCUT2D eigenvalue weighted by Gasteiger charge is 2.32. The van der Waals surface area contributed by atoms with Crippen molar-refractivity contribution in [3.8, 4) is 0 Å². The molecule has 8 heteroatoms. The molecule has 1 heterocycles. The Balaban J connectivity index is 1.83. The quantitative estimate of drug-likeness (QED) is 0.910. The highest BCUT2D eigenvalue weighted by atomic mass is 32.2. The topological polar surface area (TPSA) is 49.4 Å². The predicted octanol–water partition coefficient (Wildman–Crippen LogP) is 2.29. The van der Waals surface area contributed by atoms with Crippen molar-refractivity contribution in [1.29, 1.82) is 0 Å². The molecule has 1 aromatic carbocycles. The third-order valence-corrected chi connectivity index (χ3v) is 4.60. The van der Waals surface area contributed by atoms with E-state index in [0.29, 0.717) is 30.2 Å². The first-order valence-electron chi connectivity index (χ1n) is 7.08. The van der Waals surface area contributed by atoms with Gasteiger partial charge in [-0.25, -0.2) is 0 Å². The van der Waals surface area contributed by atoms with Crippen LogP contribution in [-0.4, -0.2) is 40.9 Å². The van der Waals surface area contributed by atoms with E-state index in [1.54, 1.807) is 0 Å². The molecular formula is C15H17F3N2O2S. The molecule has 0 saturated carbocycles. The lowest BCUT2D eigenvalue weighted by atomic mass is 10.1. The van der Waals surface area contributed by atoms with Crippen LogP contribution in [0, 0.1) is 0 Å². The number of halogens is 3. The number of nitrogens with one attached hydrogen (secondary N) is 1. The fraction of sp³-hybridized carbons (Fsp3) is 0.467. The van der Waals surface area contributed by atoms with Gasteiger partial charge in [-0.15, -0.1) is 11.8 Å². The molecule has 126 valence electrons. The Kier molecular flexibility index (Phi) is 5.56. The first-order valence-corrected chi connectivity index (χ1v) is 8.23. The van der Waals surface area contributed by atoms with E-state index < -0.39 is 17.8 Å². The van der Waals surface area contributed by atoms with Gasteiger partial charge in [0.25, 0.3) is 0 Å². The van der Waals surface area contributed by atoms with Crippen molar-refractivity contribution in [3.05, 3.63) is 35.4 Å². The maximum atomic E-state index is 12.5. The van der Waals surface area contributed by atoms with Crippen LogP contribution in [0.5, 0.6) is 0 Å². The Morgan fingerprint density at radius 3 is 2.52 bits per heavy atom. The molecule has 0 unspecified atom stereocenters. The number of thioether (sulfide) groups is 1. The normalized spacial score (nSPS) is 18.1.